The van der Waals surface area contributed by atoms with Crippen molar-refractivity contribution in [2.75, 3.05) is 7.11 Å². The Hall–Kier alpha value is -3.08. The van der Waals surface area contributed by atoms with Gasteiger partial charge in [-0.2, -0.15) is 13.2 Å². The molecule has 0 atom stereocenters. The molecule has 0 amide bonds. The molecule has 0 N–H and O–H groups in total. The minimum Gasteiger partial charge on any atom is -0.496 e. The summed E-state index contributed by atoms with van der Waals surface area (Å²) in [4.78, 5) is 3.53. The van der Waals surface area contributed by atoms with E-state index in [0.29, 0.717) is 12.8 Å². The maximum absolute atomic E-state index is 12.6. The molecule has 0 bridgehead atoms. The van der Waals surface area contributed by atoms with Crippen molar-refractivity contribution < 1.29 is 17.9 Å². The number of hydrogen-bond donors (Lipinski definition) is 0. The van der Waals surface area contributed by atoms with E-state index >= 15 is 0 Å². The Bertz CT molecular complexity index is 1130. The number of halogens is 3. The van der Waals surface area contributed by atoms with Gasteiger partial charge >= 0.3 is 6.18 Å². The number of nitrogens with zero attached hydrogens (tertiary/aromatic N) is 1. The van der Waals surface area contributed by atoms with Crippen LogP contribution >= 0.6 is 0 Å². The molecule has 0 radical (unpaired) electrons. The Kier molecular flexibility index (Phi) is 4.67. The lowest BCUT2D eigenvalue weighted by Crippen LogP contribution is -2.07. The molecule has 4 rings (SSSR count). The van der Waals surface area contributed by atoms with E-state index in [0.717, 1.165) is 39.1 Å². The van der Waals surface area contributed by atoms with Gasteiger partial charge in [0.2, 0.25) is 0 Å². The van der Waals surface area contributed by atoms with Gasteiger partial charge in [-0.3, -0.25) is 4.98 Å². The van der Waals surface area contributed by atoms with Crippen LogP contribution in [0.1, 0.15) is 16.8 Å². The minimum atomic E-state index is -4.41. The average Bonchev–Trinajstić information content (AvgIpc) is 2.70. The molecule has 4 aromatic rings. The number of benzene rings is 3. The minimum absolute atomic E-state index is 0.584. The van der Waals surface area contributed by atoms with Crippen molar-refractivity contribution >= 4 is 21.5 Å². The SMILES string of the molecule is COc1c(CCc2ccc(C(F)(F)F)nc2)ccc2cc3ccccc3cc12. The summed E-state index contributed by atoms with van der Waals surface area (Å²) in [5.74, 6) is 0.808. The number of aryl methyl sites for hydroxylation is 2. The van der Waals surface area contributed by atoms with Crippen LogP contribution in [0.25, 0.3) is 21.5 Å². The van der Waals surface area contributed by atoms with E-state index in [1.54, 1.807) is 7.11 Å². The third-order valence-electron chi connectivity index (χ3n) is 4.92. The molecule has 1 heterocycles. The molecular weight excluding hydrogens is 363 g/mol. The molecule has 0 aliphatic carbocycles. The van der Waals surface area contributed by atoms with Gasteiger partial charge < -0.3 is 4.74 Å². The Labute approximate surface area is 160 Å². The maximum atomic E-state index is 12.6. The van der Waals surface area contributed by atoms with Crippen molar-refractivity contribution in [3.8, 4) is 5.75 Å². The molecule has 3 aromatic carbocycles. The molecular formula is C23H18F3NO. The first-order chi connectivity index (χ1) is 13.5. The summed E-state index contributed by atoms with van der Waals surface area (Å²) in [7, 11) is 1.65. The summed E-state index contributed by atoms with van der Waals surface area (Å²) in [5, 5.41) is 4.43. The van der Waals surface area contributed by atoms with Crippen molar-refractivity contribution in [2.24, 2.45) is 0 Å². The van der Waals surface area contributed by atoms with Gasteiger partial charge in [0.25, 0.3) is 0 Å². The molecule has 0 fully saturated rings. The van der Waals surface area contributed by atoms with E-state index in [-0.39, 0.29) is 0 Å². The largest absolute Gasteiger partial charge is 0.496 e. The lowest BCUT2D eigenvalue weighted by molar-refractivity contribution is -0.141. The van der Waals surface area contributed by atoms with Crippen molar-refractivity contribution in [1.29, 1.82) is 0 Å². The van der Waals surface area contributed by atoms with Crippen LogP contribution in [-0.4, -0.2) is 12.1 Å². The summed E-state index contributed by atoms with van der Waals surface area (Å²) in [6.45, 7) is 0. The van der Waals surface area contributed by atoms with Crippen LogP contribution < -0.4 is 4.74 Å². The molecule has 28 heavy (non-hydrogen) atoms. The first kappa shape index (κ1) is 18.3. The maximum Gasteiger partial charge on any atom is 0.433 e. The summed E-state index contributed by atoms with van der Waals surface area (Å²) < 4.78 is 43.6. The third kappa shape index (κ3) is 3.52. The fourth-order valence-electron chi connectivity index (χ4n) is 3.49. The lowest BCUT2D eigenvalue weighted by Gasteiger charge is -2.13. The zero-order valence-corrected chi connectivity index (χ0v) is 15.3. The third-order valence-corrected chi connectivity index (χ3v) is 4.92. The van der Waals surface area contributed by atoms with Crippen LogP contribution in [-0.2, 0) is 19.0 Å². The van der Waals surface area contributed by atoms with Gasteiger partial charge in [0.15, 0.2) is 0 Å². The van der Waals surface area contributed by atoms with Gasteiger partial charge in [-0.05, 0) is 58.3 Å². The van der Waals surface area contributed by atoms with Crippen molar-refractivity contribution in [2.45, 2.75) is 19.0 Å². The number of ether oxygens (including phenoxy) is 1. The van der Waals surface area contributed by atoms with Gasteiger partial charge in [0.05, 0.1) is 7.11 Å². The number of pyridine rings is 1. The second-order valence-corrected chi connectivity index (χ2v) is 6.73. The Morgan fingerprint density at radius 3 is 2.25 bits per heavy atom. The van der Waals surface area contributed by atoms with Gasteiger partial charge in [-0.1, -0.05) is 42.5 Å². The smallest absolute Gasteiger partial charge is 0.433 e. The fourth-order valence-corrected chi connectivity index (χ4v) is 3.49. The summed E-state index contributed by atoms with van der Waals surface area (Å²) in [6, 6.07) is 19.0. The summed E-state index contributed by atoms with van der Waals surface area (Å²) in [5.41, 5.74) is 0.908. The van der Waals surface area contributed by atoms with Crippen LogP contribution in [0.4, 0.5) is 13.2 Å². The van der Waals surface area contributed by atoms with Crippen LogP contribution in [0.15, 0.2) is 66.9 Å². The molecule has 2 nitrogen and oxygen atoms in total. The van der Waals surface area contributed by atoms with Crippen LogP contribution in [0, 0.1) is 0 Å². The average molecular weight is 381 g/mol. The zero-order chi connectivity index (χ0) is 19.7. The highest BCUT2D eigenvalue weighted by Gasteiger charge is 2.31. The first-order valence-electron chi connectivity index (χ1n) is 8.96. The van der Waals surface area contributed by atoms with E-state index in [2.05, 4.69) is 35.3 Å². The first-order valence-corrected chi connectivity index (χ1v) is 8.96. The number of fused-ring (bicyclic) bond motifs is 2. The molecule has 142 valence electrons. The van der Waals surface area contributed by atoms with Crippen molar-refractivity contribution in [3.63, 3.8) is 0 Å². The molecule has 0 saturated carbocycles. The van der Waals surface area contributed by atoms with E-state index in [1.807, 2.05) is 18.2 Å². The van der Waals surface area contributed by atoms with Crippen molar-refractivity contribution in [1.82, 2.24) is 4.98 Å². The second-order valence-electron chi connectivity index (χ2n) is 6.73. The van der Waals surface area contributed by atoms with E-state index < -0.39 is 11.9 Å². The number of methoxy groups -OCH3 is 1. The monoisotopic (exact) mass is 381 g/mol. The Morgan fingerprint density at radius 2 is 1.61 bits per heavy atom. The van der Waals surface area contributed by atoms with Gasteiger partial charge in [-0.25, -0.2) is 0 Å². The quantitative estimate of drug-likeness (QED) is 0.393. The highest BCUT2D eigenvalue weighted by Crippen LogP contribution is 2.34. The summed E-state index contributed by atoms with van der Waals surface area (Å²) >= 11 is 0. The highest BCUT2D eigenvalue weighted by atomic mass is 19.4. The number of hydrogen-bond acceptors (Lipinski definition) is 2. The predicted molar refractivity (Wildman–Crippen MR) is 105 cm³/mol. The van der Waals surface area contributed by atoms with Crippen LogP contribution in [0.3, 0.4) is 0 Å². The van der Waals surface area contributed by atoms with Crippen LogP contribution in [0.2, 0.25) is 0 Å². The second kappa shape index (κ2) is 7.15. The number of alkyl halides is 3. The number of rotatable bonds is 4. The highest BCUT2D eigenvalue weighted by molar-refractivity contribution is 6.01. The Balaban J connectivity index is 1.64. The normalized spacial score (nSPS) is 11.9. The number of aromatic nitrogens is 1. The van der Waals surface area contributed by atoms with Gasteiger partial charge in [0.1, 0.15) is 11.4 Å². The van der Waals surface area contributed by atoms with E-state index in [1.165, 1.54) is 17.6 Å². The Morgan fingerprint density at radius 1 is 0.857 bits per heavy atom. The molecule has 0 aliphatic rings. The predicted octanol–water partition coefficient (Wildman–Crippen LogP) is 6.20. The standard InChI is InChI=1S/C23H18F3NO/c1-28-22-16(8-6-15-7-11-21(27-14-15)23(24,25)26)9-10-19-12-17-4-2-3-5-18(17)13-20(19)22/h2-5,7,9-14H,6,8H2,1H3. The van der Waals surface area contributed by atoms with Crippen LogP contribution in [0.5, 0.6) is 5.75 Å². The fraction of sp³-hybridized carbons (Fsp3) is 0.174. The molecule has 1 aromatic heterocycles. The van der Waals surface area contributed by atoms with E-state index in [4.69, 9.17) is 4.74 Å². The van der Waals surface area contributed by atoms with Gasteiger partial charge in [0, 0.05) is 11.6 Å². The molecule has 0 unspecified atom stereocenters. The summed E-state index contributed by atoms with van der Waals surface area (Å²) in [6.07, 6.45) is -1.88. The topological polar surface area (TPSA) is 22.1 Å². The van der Waals surface area contributed by atoms with Crippen molar-refractivity contribution in [3.05, 3.63) is 83.7 Å². The molecule has 5 heteroatoms. The van der Waals surface area contributed by atoms with E-state index in [9.17, 15) is 13.2 Å². The lowest BCUT2D eigenvalue weighted by atomic mass is 9.97. The molecule has 0 aliphatic heterocycles. The molecule has 0 spiro atoms. The van der Waals surface area contributed by atoms with Gasteiger partial charge in [-0.15, -0.1) is 0 Å². The zero-order valence-electron chi connectivity index (χ0n) is 15.3. The molecule has 0 saturated heterocycles.